The molecule has 4 atom stereocenters. The average Bonchev–Trinajstić information content (AvgIpc) is 2.89. The van der Waals surface area contributed by atoms with Crippen LogP contribution in [-0.2, 0) is 27.3 Å². The number of aliphatic hydroxyl groups excluding tert-OH is 1. The number of benzene rings is 1. The summed E-state index contributed by atoms with van der Waals surface area (Å²) in [5.41, 5.74) is 3.62. The van der Waals surface area contributed by atoms with Gasteiger partial charge < -0.3 is 40.9 Å². The highest BCUT2D eigenvalue weighted by atomic mass is 16.5. The molecule has 12 heteroatoms. The number of carbonyl (C=O) groups is 4. The van der Waals surface area contributed by atoms with Crippen LogP contribution >= 0.6 is 0 Å². The van der Waals surface area contributed by atoms with Gasteiger partial charge >= 0.3 is 6.09 Å². The summed E-state index contributed by atoms with van der Waals surface area (Å²) in [7, 11) is 7.00. The van der Waals surface area contributed by atoms with Crippen LogP contribution in [0.3, 0.4) is 0 Å². The number of phenols is 1. The third-order valence-corrected chi connectivity index (χ3v) is 8.32. The minimum absolute atomic E-state index is 0.0784. The van der Waals surface area contributed by atoms with E-state index in [1.54, 1.807) is 44.1 Å². The minimum atomic E-state index is -2.55. The zero-order chi connectivity index (χ0) is 30.4. The van der Waals surface area contributed by atoms with Gasteiger partial charge in [0.15, 0.2) is 11.4 Å². The molecule has 41 heavy (non-hydrogen) atoms. The number of hydrogen-bond acceptors (Lipinski definition) is 10. The van der Waals surface area contributed by atoms with Crippen molar-refractivity contribution < 1.29 is 39.2 Å². The van der Waals surface area contributed by atoms with Crippen molar-refractivity contribution in [2.45, 2.75) is 50.8 Å². The van der Waals surface area contributed by atoms with Crippen LogP contribution < -0.4 is 16.0 Å². The molecular formula is C29H38N4O8. The first-order valence-corrected chi connectivity index (χ1v) is 13.6. The molecule has 222 valence electrons. The fraction of sp³-hybridized carbons (Fsp3) is 0.517. The molecule has 0 saturated carbocycles. The van der Waals surface area contributed by atoms with Crippen LogP contribution in [0.4, 0.5) is 10.5 Å². The number of likely N-dealkylation sites (N-methyl/N-ethyl adjacent to an activating group) is 1. The largest absolute Gasteiger partial charge is 0.508 e. The van der Waals surface area contributed by atoms with Gasteiger partial charge in [0.2, 0.25) is 5.78 Å². The van der Waals surface area contributed by atoms with Crippen molar-refractivity contribution in [3.8, 4) is 5.75 Å². The molecule has 0 heterocycles. The lowest BCUT2D eigenvalue weighted by Crippen LogP contribution is -2.62. The Bertz CT molecular complexity index is 1360. The van der Waals surface area contributed by atoms with Crippen molar-refractivity contribution in [3.05, 3.63) is 45.7 Å². The van der Waals surface area contributed by atoms with E-state index >= 15 is 0 Å². The van der Waals surface area contributed by atoms with E-state index in [4.69, 9.17) is 10.5 Å². The molecule has 0 saturated heterocycles. The molecule has 0 fully saturated rings. The van der Waals surface area contributed by atoms with Crippen LogP contribution in [0.15, 0.2) is 29.0 Å². The lowest BCUT2D eigenvalue weighted by atomic mass is 9.59. The Labute approximate surface area is 238 Å². The van der Waals surface area contributed by atoms with Gasteiger partial charge in [0.25, 0.3) is 5.91 Å². The molecule has 3 aliphatic rings. The Morgan fingerprint density at radius 1 is 1.20 bits per heavy atom. The topological polar surface area (TPSA) is 183 Å². The third-order valence-electron chi connectivity index (χ3n) is 8.32. The van der Waals surface area contributed by atoms with Gasteiger partial charge in [-0.15, -0.1) is 0 Å². The molecule has 0 aromatic heterocycles. The number of carbonyl (C=O) groups excluding carboxylic acids is 4. The number of aromatic hydroxyl groups is 1. The molecule has 0 bridgehead atoms. The SMILES string of the molecule is CCCCOC(=O)NCc1cc(N(C)C)c2c(c1O)C(=O)C1=C(O)[C@]3(O)C(=O)C(C(N)=O)=C[C@H](N(C)C)[C@@H]3C[C@@H]1C2. The number of anilines is 1. The molecule has 3 aliphatic carbocycles. The molecule has 12 nitrogen and oxygen atoms in total. The maximum atomic E-state index is 14.0. The van der Waals surface area contributed by atoms with E-state index in [1.807, 2.05) is 6.92 Å². The number of alkyl carbamates (subject to hydrolysis) is 1. The predicted molar refractivity (Wildman–Crippen MR) is 150 cm³/mol. The van der Waals surface area contributed by atoms with Crippen LogP contribution in [0.5, 0.6) is 5.75 Å². The highest BCUT2D eigenvalue weighted by Gasteiger charge is 2.61. The van der Waals surface area contributed by atoms with Crippen LogP contribution in [0.25, 0.3) is 0 Å². The zero-order valence-electron chi connectivity index (χ0n) is 24.0. The molecule has 6 N–H and O–H groups in total. The van der Waals surface area contributed by atoms with Crippen molar-refractivity contribution >= 4 is 29.3 Å². The molecule has 0 unspecified atom stereocenters. The lowest BCUT2D eigenvalue weighted by Gasteiger charge is -2.49. The van der Waals surface area contributed by atoms with E-state index in [9.17, 15) is 34.5 Å². The number of allylic oxidation sites excluding steroid dienone is 1. The van der Waals surface area contributed by atoms with Crippen molar-refractivity contribution in [2.75, 3.05) is 39.7 Å². The van der Waals surface area contributed by atoms with Gasteiger partial charge in [-0.25, -0.2) is 4.79 Å². The van der Waals surface area contributed by atoms with Crippen molar-refractivity contribution in [3.63, 3.8) is 0 Å². The van der Waals surface area contributed by atoms with Gasteiger partial charge in [0.1, 0.15) is 11.5 Å². The Hall–Kier alpha value is -3.90. The van der Waals surface area contributed by atoms with Gasteiger partial charge in [0.05, 0.1) is 17.7 Å². The summed E-state index contributed by atoms with van der Waals surface area (Å²) in [5.74, 6) is -5.49. The standard InChI is InChI=1S/C29H38N4O8/c1-6-7-8-41-28(39)31-13-15-11-19(32(2)3)16-9-14-10-18-20(33(4)5)12-17(27(30)38)25(36)29(18,40)26(37)21(14)24(35)22(16)23(15)34/h11-12,14,18,20,34,37,40H,6-10,13H2,1-5H3,(H2,30,38)(H,31,39)/t14-,18-,20-,29+/m0/s1. The van der Waals surface area contributed by atoms with Crippen LogP contribution in [-0.4, -0.2) is 90.2 Å². The van der Waals surface area contributed by atoms with Gasteiger partial charge in [0, 0.05) is 49.4 Å². The number of hydrogen-bond donors (Lipinski definition) is 5. The molecule has 1 aromatic rings. The van der Waals surface area contributed by atoms with E-state index in [0.717, 1.165) is 6.42 Å². The quantitative estimate of drug-likeness (QED) is 0.226. The summed E-state index contributed by atoms with van der Waals surface area (Å²) in [6, 6.07) is 1.06. The number of rotatable bonds is 8. The zero-order valence-corrected chi connectivity index (χ0v) is 24.0. The minimum Gasteiger partial charge on any atom is -0.508 e. The van der Waals surface area contributed by atoms with E-state index in [-0.39, 0.29) is 48.4 Å². The predicted octanol–water partition coefficient (Wildman–Crippen LogP) is 1.33. The van der Waals surface area contributed by atoms with Crippen LogP contribution in [0.2, 0.25) is 0 Å². The number of Topliss-reactive ketones (excluding diaryl/α,β-unsaturated/α-hetero) is 2. The summed E-state index contributed by atoms with van der Waals surface area (Å²) in [4.78, 5) is 55.1. The molecular weight excluding hydrogens is 532 g/mol. The smallest absolute Gasteiger partial charge is 0.407 e. The number of aliphatic hydroxyl groups is 2. The number of nitrogens with one attached hydrogen (secondary N) is 1. The number of ketones is 2. The summed E-state index contributed by atoms with van der Waals surface area (Å²) in [6.07, 6.45) is 2.69. The number of unbranched alkanes of at least 4 members (excludes halogenated alkanes) is 1. The van der Waals surface area contributed by atoms with Gasteiger partial charge in [-0.1, -0.05) is 19.4 Å². The number of phenolic OH excluding ortho intramolecular Hbond substituents is 1. The first-order valence-electron chi connectivity index (χ1n) is 13.6. The Balaban J connectivity index is 1.81. The second-order valence-electron chi connectivity index (χ2n) is 11.3. The van der Waals surface area contributed by atoms with Crippen molar-refractivity contribution in [1.82, 2.24) is 10.2 Å². The number of amides is 2. The number of ether oxygens (including phenoxy) is 1. The normalized spacial score (nSPS) is 25.2. The highest BCUT2D eigenvalue weighted by molar-refractivity contribution is 6.24. The average molecular weight is 571 g/mol. The Morgan fingerprint density at radius 2 is 1.88 bits per heavy atom. The van der Waals surface area contributed by atoms with Crippen molar-refractivity contribution in [2.24, 2.45) is 17.6 Å². The maximum Gasteiger partial charge on any atom is 0.407 e. The molecule has 0 spiro atoms. The summed E-state index contributed by atoms with van der Waals surface area (Å²) in [6.45, 7) is 2.08. The second-order valence-corrected chi connectivity index (χ2v) is 11.3. The third kappa shape index (κ3) is 4.95. The summed E-state index contributed by atoms with van der Waals surface area (Å²) < 4.78 is 5.11. The van der Waals surface area contributed by atoms with Gasteiger partial charge in [-0.3, -0.25) is 14.4 Å². The first kappa shape index (κ1) is 30.1. The maximum absolute atomic E-state index is 14.0. The number of primary amides is 1. The summed E-state index contributed by atoms with van der Waals surface area (Å²) >= 11 is 0. The van der Waals surface area contributed by atoms with E-state index in [1.165, 1.54) is 6.08 Å². The van der Waals surface area contributed by atoms with Gasteiger partial charge in [-0.2, -0.15) is 0 Å². The second kappa shape index (κ2) is 11.2. The number of fused-ring (bicyclic) bond motifs is 3. The monoisotopic (exact) mass is 570 g/mol. The number of nitrogens with zero attached hydrogens (tertiary/aromatic N) is 2. The number of nitrogens with two attached hydrogens (primary N) is 1. The fourth-order valence-electron chi connectivity index (χ4n) is 6.23. The van der Waals surface area contributed by atoms with Crippen LogP contribution in [0.1, 0.15) is 47.7 Å². The Kier molecular flexibility index (Phi) is 8.19. The van der Waals surface area contributed by atoms with Gasteiger partial charge in [-0.05, 0) is 50.9 Å². The summed E-state index contributed by atoms with van der Waals surface area (Å²) in [5, 5.41) is 37.1. The first-order chi connectivity index (χ1) is 19.2. The highest BCUT2D eigenvalue weighted by Crippen LogP contribution is 2.52. The fourth-order valence-corrected chi connectivity index (χ4v) is 6.23. The molecule has 0 aliphatic heterocycles. The lowest BCUT2D eigenvalue weighted by molar-refractivity contribution is -0.146. The molecule has 0 radical (unpaired) electrons. The van der Waals surface area contributed by atoms with E-state index in [2.05, 4.69) is 5.32 Å². The van der Waals surface area contributed by atoms with E-state index in [0.29, 0.717) is 17.7 Å². The Morgan fingerprint density at radius 3 is 2.46 bits per heavy atom. The van der Waals surface area contributed by atoms with Crippen LogP contribution in [0, 0.1) is 11.8 Å². The van der Waals surface area contributed by atoms with E-state index < -0.39 is 58.4 Å². The molecule has 4 rings (SSSR count). The van der Waals surface area contributed by atoms with Crippen molar-refractivity contribution in [1.29, 1.82) is 0 Å². The molecule has 2 amide bonds. The molecule has 1 aromatic carbocycles.